The van der Waals surface area contributed by atoms with E-state index in [-0.39, 0.29) is 50.3 Å². The maximum atomic E-state index is 12.1. The average Bonchev–Trinajstić information content (AvgIpc) is 3.34. The molecule has 134 valence electrons. The lowest BCUT2D eigenvalue weighted by atomic mass is 10.1. The zero-order chi connectivity index (χ0) is 18.1. The predicted molar refractivity (Wildman–Crippen MR) is 92.9 cm³/mol. The fourth-order valence-corrected chi connectivity index (χ4v) is 3.52. The van der Waals surface area contributed by atoms with Gasteiger partial charge in [0.1, 0.15) is 0 Å². The van der Waals surface area contributed by atoms with Gasteiger partial charge in [-0.15, -0.1) is 11.3 Å². The molecule has 0 atom stereocenters. The molecule has 0 bridgehead atoms. The van der Waals surface area contributed by atoms with Gasteiger partial charge in [0.2, 0.25) is 24.5 Å². The molecule has 4 rings (SSSR count). The Morgan fingerprint density at radius 3 is 2.77 bits per heavy atom. The molecule has 8 nitrogen and oxygen atoms in total. The molecule has 1 saturated heterocycles. The Labute approximate surface area is 152 Å². The first-order chi connectivity index (χ1) is 12.6. The number of likely N-dealkylation sites (tertiary alicyclic amines) is 1. The van der Waals surface area contributed by atoms with Gasteiger partial charge in [0, 0.05) is 36.8 Å². The van der Waals surface area contributed by atoms with Crippen LogP contribution in [0.3, 0.4) is 0 Å². The van der Waals surface area contributed by atoms with Crippen LogP contribution in [0.4, 0.5) is 5.13 Å². The van der Waals surface area contributed by atoms with Crippen molar-refractivity contribution in [2.24, 2.45) is 0 Å². The number of carbonyl (C=O) groups is 3. The molecule has 1 fully saturated rings. The summed E-state index contributed by atoms with van der Waals surface area (Å²) in [5.74, 6) is 0.637. The van der Waals surface area contributed by atoms with E-state index in [4.69, 9.17) is 9.47 Å². The maximum Gasteiger partial charge on any atom is 0.231 e. The van der Waals surface area contributed by atoms with Gasteiger partial charge in [0.05, 0.1) is 5.69 Å². The van der Waals surface area contributed by atoms with Gasteiger partial charge in [0.15, 0.2) is 16.6 Å². The topological polar surface area (TPSA) is 97.8 Å². The third kappa shape index (κ3) is 3.25. The molecule has 0 radical (unpaired) electrons. The Hall–Kier alpha value is -2.94. The molecule has 0 aliphatic carbocycles. The summed E-state index contributed by atoms with van der Waals surface area (Å²) in [5, 5.41) is 5.00. The Morgan fingerprint density at radius 1 is 1.19 bits per heavy atom. The van der Waals surface area contributed by atoms with E-state index >= 15 is 0 Å². The molecular weight excluding hydrogens is 358 g/mol. The number of aromatic nitrogens is 1. The van der Waals surface area contributed by atoms with E-state index in [0.29, 0.717) is 22.3 Å². The Morgan fingerprint density at radius 2 is 1.96 bits per heavy atom. The molecule has 2 aliphatic heterocycles. The van der Waals surface area contributed by atoms with Gasteiger partial charge in [-0.2, -0.15) is 0 Å². The highest BCUT2D eigenvalue weighted by Gasteiger charge is 2.28. The summed E-state index contributed by atoms with van der Waals surface area (Å²) in [7, 11) is 0. The highest BCUT2D eigenvalue weighted by molar-refractivity contribution is 7.14. The van der Waals surface area contributed by atoms with Crippen LogP contribution in [0.1, 0.15) is 19.3 Å². The molecule has 0 saturated carbocycles. The van der Waals surface area contributed by atoms with Crippen LogP contribution in [0.25, 0.3) is 11.3 Å². The first kappa shape index (κ1) is 16.5. The number of hydrogen-bond donors (Lipinski definition) is 1. The van der Waals surface area contributed by atoms with Gasteiger partial charge in [-0.3, -0.25) is 19.3 Å². The number of hydrogen-bond acceptors (Lipinski definition) is 7. The third-order valence-corrected chi connectivity index (χ3v) is 4.89. The molecule has 9 heteroatoms. The fraction of sp³-hybridized carbons (Fsp3) is 0.294. The summed E-state index contributed by atoms with van der Waals surface area (Å²) in [5.41, 5.74) is 1.58. The van der Waals surface area contributed by atoms with Crippen molar-refractivity contribution in [3.8, 4) is 22.8 Å². The van der Waals surface area contributed by atoms with E-state index in [1.165, 1.54) is 11.3 Å². The Balaban J connectivity index is 1.37. The second-order valence-corrected chi connectivity index (χ2v) is 6.70. The molecule has 2 aromatic rings. The van der Waals surface area contributed by atoms with E-state index in [2.05, 4.69) is 10.3 Å². The van der Waals surface area contributed by atoms with Crippen molar-refractivity contribution < 1.29 is 23.9 Å². The number of imide groups is 1. The monoisotopic (exact) mass is 373 g/mol. The largest absolute Gasteiger partial charge is 0.454 e. The minimum absolute atomic E-state index is 0.0520. The van der Waals surface area contributed by atoms with Gasteiger partial charge in [-0.25, -0.2) is 4.98 Å². The van der Waals surface area contributed by atoms with Crippen molar-refractivity contribution in [1.82, 2.24) is 9.88 Å². The summed E-state index contributed by atoms with van der Waals surface area (Å²) < 4.78 is 10.6. The lowest BCUT2D eigenvalue weighted by Crippen LogP contribution is -2.32. The molecule has 1 aromatic heterocycles. The number of carbonyl (C=O) groups excluding carboxylic acids is 3. The number of nitrogens with one attached hydrogen (secondary N) is 1. The summed E-state index contributed by atoms with van der Waals surface area (Å²) in [6.07, 6.45) is 0.508. The smallest absolute Gasteiger partial charge is 0.231 e. The SMILES string of the molecule is O=C(CCN1C(=O)CCC1=O)Nc1nc(-c2ccc3c(c2)OCO3)cs1. The van der Waals surface area contributed by atoms with Crippen LogP contribution in [0, 0.1) is 0 Å². The molecule has 3 heterocycles. The predicted octanol–water partition coefficient (Wildman–Crippen LogP) is 2.02. The van der Waals surface area contributed by atoms with Gasteiger partial charge in [0.25, 0.3) is 0 Å². The number of anilines is 1. The summed E-state index contributed by atoms with van der Waals surface area (Å²) in [4.78, 5) is 40.7. The molecule has 1 aromatic carbocycles. The lowest BCUT2D eigenvalue weighted by molar-refractivity contribution is -0.138. The highest BCUT2D eigenvalue weighted by Crippen LogP contribution is 2.36. The molecule has 1 N–H and O–H groups in total. The van der Waals surface area contributed by atoms with E-state index in [1.54, 1.807) is 0 Å². The summed E-state index contributed by atoms with van der Waals surface area (Å²) >= 11 is 1.30. The molecule has 3 amide bonds. The van der Waals surface area contributed by atoms with E-state index in [0.717, 1.165) is 10.5 Å². The first-order valence-electron chi connectivity index (χ1n) is 8.09. The van der Waals surface area contributed by atoms with Crippen molar-refractivity contribution in [3.05, 3.63) is 23.6 Å². The van der Waals surface area contributed by atoms with Crippen LogP contribution in [0.15, 0.2) is 23.6 Å². The summed E-state index contributed by atoms with van der Waals surface area (Å²) in [6, 6.07) is 5.53. The summed E-state index contributed by atoms with van der Waals surface area (Å²) in [6.45, 7) is 0.309. The Kier molecular flexibility index (Phi) is 4.29. The maximum absolute atomic E-state index is 12.1. The number of ether oxygens (including phenoxy) is 2. The van der Waals surface area contributed by atoms with Crippen molar-refractivity contribution in [3.63, 3.8) is 0 Å². The van der Waals surface area contributed by atoms with Crippen LogP contribution in [0.2, 0.25) is 0 Å². The van der Waals surface area contributed by atoms with Gasteiger partial charge in [-0.1, -0.05) is 0 Å². The van der Waals surface area contributed by atoms with E-state index < -0.39 is 0 Å². The minimum atomic E-state index is -0.288. The zero-order valence-electron chi connectivity index (χ0n) is 13.7. The van der Waals surface area contributed by atoms with Crippen LogP contribution >= 0.6 is 11.3 Å². The van der Waals surface area contributed by atoms with Crippen molar-refractivity contribution in [2.75, 3.05) is 18.7 Å². The lowest BCUT2D eigenvalue weighted by Gasteiger charge is -2.12. The van der Waals surface area contributed by atoms with Crippen molar-refractivity contribution >= 4 is 34.2 Å². The number of benzene rings is 1. The van der Waals surface area contributed by atoms with Gasteiger partial charge in [-0.05, 0) is 18.2 Å². The molecule has 26 heavy (non-hydrogen) atoms. The quantitative estimate of drug-likeness (QED) is 0.805. The molecule has 2 aliphatic rings. The van der Waals surface area contributed by atoms with Crippen molar-refractivity contribution in [2.45, 2.75) is 19.3 Å². The number of rotatable bonds is 5. The van der Waals surface area contributed by atoms with E-state index in [9.17, 15) is 14.4 Å². The first-order valence-corrected chi connectivity index (χ1v) is 8.97. The van der Waals surface area contributed by atoms with Crippen LogP contribution in [0.5, 0.6) is 11.5 Å². The minimum Gasteiger partial charge on any atom is -0.454 e. The number of nitrogens with zero attached hydrogens (tertiary/aromatic N) is 2. The average molecular weight is 373 g/mol. The second-order valence-electron chi connectivity index (χ2n) is 5.84. The molecular formula is C17H15N3O5S. The molecule has 0 spiro atoms. The highest BCUT2D eigenvalue weighted by atomic mass is 32.1. The van der Waals surface area contributed by atoms with Gasteiger partial charge < -0.3 is 14.8 Å². The fourth-order valence-electron chi connectivity index (χ4n) is 2.79. The molecule has 0 unspecified atom stereocenters. The van der Waals surface area contributed by atoms with Crippen LogP contribution < -0.4 is 14.8 Å². The number of thiazole rings is 1. The normalized spacial score (nSPS) is 15.6. The number of amides is 3. The van der Waals surface area contributed by atoms with Crippen LogP contribution in [-0.2, 0) is 14.4 Å². The van der Waals surface area contributed by atoms with Gasteiger partial charge >= 0.3 is 0 Å². The second kappa shape index (κ2) is 6.75. The van der Waals surface area contributed by atoms with Crippen LogP contribution in [-0.4, -0.2) is 40.9 Å². The Bertz CT molecular complexity index is 878. The number of fused-ring (bicyclic) bond motifs is 1. The van der Waals surface area contributed by atoms with Crippen molar-refractivity contribution in [1.29, 1.82) is 0 Å². The van der Waals surface area contributed by atoms with E-state index in [1.807, 2.05) is 23.6 Å². The zero-order valence-corrected chi connectivity index (χ0v) is 14.5. The third-order valence-electron chi connectivity index (χ3n) is 4.14. The standard InChI is InChI=1S/C17H15N3O5S/c21-14(5-6-20-15(22)3-4-16(20)23)19-17-18-11(8-26-17)10-1-2-12-13(7-10)25-9-24-12/h1-2,7-8H,3-6,9H2,(H,18,19,21).